The monoisotopic (exact) mass is 284 g/mol. The van der Waals surface area contributed by atoms with Crippen LogP contribution < -0.4 is 10.6 Å². The summed E-state index contributed by atoms with van der Waals surface area (Å²) in [6.45, 7) is 2.73. The van der Waals surface area contributed by atoms with Crippen LogP contribution in [0.25, 0.3) is 0 Å². The standard InChI is InChI=1S/C18H21FN2/c19-17-8-4-2-5-14(17)9-12-21-18-10-11-20-13-15-6-1-3-7-16(15)18/h1-8,18,20-21H,9-13H2. The lowest BCUT2D eigenvalue weighted by Gasteiger charge is -2.19. The van der Waals surface area contributed by atoms with Crippen molar-refractivity contribution in [1.82, 2.24) is 10.6 Å². The number of rotatable bonds is 4. The van der Waals surface area contributed by atoms with E-state index in [1.165, 1.54) is 17.2 Å². The second-order valence-corrected chi connectivity index (χ2v) is 5.51. The number of hydrogen-bond donors (Lipinski definition) is 2. The largest absolute Gasteiger partial charge is 0.313 e. The third-order valence-corrected chi connectivity index (χ3v) is 4.10. The minimum atomic E-state index is -0.109. The first-order valence-electron chi connectivity index (χ1n) is 7.60. The van der Waals surface area contributed by atoms with E-state index < -0.39 is 0 Å². The molecule has 3 heteroatoms. The predicted octanol–water partition coefficient (Wildman–Crippen LogP) is 3.19. The molecule has 0 fully saturated rings. The fraction of sp³-hybridized carbons (Fsp3) is 0.333. The lowest BCUT2D eigenvalue weighted by molar-refractivity contribution is 0.495. The quantitative estimate of drug-likeness (QED) is 0.901. The van der Waals surface area contributed by atoms with Gasteiger partial charge in [-0.05, 0) is 48.7 Å². The van der Waals surface area contributed by atoms with E-state index in [2.05, 4.69) is 34.9 Å². The number of nitrogens with one attached hydrogen (secondary N) is 2. The van der Waals surface area contributed by atoms with Crippen molar-refractivity contribution in [2.75, 3.05) is 13.1 Å². The normalized spacial score (nSPS) is 18.0. The number of halogens is 1. The van der Waals surface area contributed by atoms with Gasteiger partial charge >= 0.3 is 0 Å². The summed E-state index contributed by atoms with van der Waals surface area (Å²) in [4.78, 5) is 0. The molecule has 1 unspecified atom stereocenters. The van der Waals surface area contributed by atoms with Gasteiger partial charge in [0, 0.05) is 12.6 Å². The number of fused-ring (bicyclic) bond motifs is 1. The molecular weight excluding hydrogens is 263 g/mol. The van der Waals surface area contributed by atoms with E-state index >= 15 is 0 Å². The number of benzene rings is 2. The molecule has 0 saturated carbocycles. The summed E-state index contributed by atoms with van der Waals surface area (Å²) in [5.41, 5.74) is 3.51. The van der Waals surface area contributed by atoms with Crippen LogP contribution in [0.15, 0.2) is 48.5 Å². The smallest absolute Gasteiger partial charge is 0.126 e. The van der Waals surface area contributed by atoms with E-state index in [-0.39, 0.29) is 5.82 Å². The van der Waals surface area contributed by atoms with Crippen LogP contribution >= 0.6 is 0 Å². The summed E-state index contributed by atoms with van der Waals surface area (Å²) in [5.74, 6) is -0.109. The molecule has 2 aromatic rings. The maximum Gasteiger partial charge on any atom is 0.126 e. The van der Waals surface area contributed by atoms with E-state index in [4.69, 9.17) is 0 Å². The van der Waals surface area contributed by atoms with Crippen LogP contribution in [0.4, 0.5) is 4.39 Å². The highest BCUT2D eigenvalue weighted by Gasteiger charge is 2.17. The third kappa shape index (κ3) is 3.49. The molecule has 1 atom stereocenters. The summed E-state index contributed by atoms with van der Waals surface area (Å²) in [6, 6.07) is 15.9. The van der Waals surface area contributed by atoms with Gasteiger partial charge < -0.3 is 10.6 Å². The van der Waals surface area contributed by atoms with Gasteiger partial charge in [0.2, 0.25) is 0 Å². The van der Waals surface area contributed by atoms with Crippen LogP contribution in [0.3, 0.4) is 0 Å². The highest BCUT2D eigenvalue weighted by atomic mass is 19.1. The van der Waals surface area contributed by atoms with Gasteiger partial charge in [0.15, 0.2) is 0 Å². The van der Waals surface area contributed by atoms with Crippen molar-refractivity contribution >= 4 is 0 Å². The Labute approximate surface area is 125 Å². The lowest BCUT2D eigenvalue weighted by atomic mass is 9.99. The summed E-state index contributed by atoms with van der Waals surface area (Å²) >= 11 is 0. The maximum atomic E-state index is 13.6. The summed E-state index contributed by atoms with van der Waals surface area (Å²) in [6.07, 6.45) is 1.78. The second-order valence-electron chi connectivity index (χ2n) is 5.51. The van der Waals surface area contributed by atoms with Gasteiger partial charge in [0.1, 0.15) is 5.82 Å². The molecule has 2 nitrogen and oxygen atoms in total. The molecule has 0 spiro atoms. The van der Waals surface area contributed by atoms with Crippen molar-refractivity contribution in [2.45, 2.75) is 25.4 Å². The van der Waals surface area contributed by atoms with E-state index in [0.29, 0.717) is 6.04 Å². The van der Waals surface area contributed by atoms with Gasteiger partial charge in [-0.15, -0.1) is 0 Å². The van der Waals surface area contributed by atoms with E-state index in [1.54, 1.807) is 6.07 Å². The van der Waals surface area contributed by atoms with E-state index in [0.717, 1.165) is 38.0 Å². The molecule has 110 valence electrons. The summed E-state index contributed by atoms with van der Waals surface area (Å²) in [7, 11) is 0. The zero-order chi connectivity index (χ0) is 14.5. The van der Waals surface area contributed by atoms with Crippen molar-refractivity contribution in [2.24, 2.45) is 0 Å². The molecule has 1 heterocycles. The molecular formula is C18H21FN2. The van der Waals surface area contributed by atoms with Gasteiger partial charge in [-0.1, -0.05) is 42.5 Å². The first-order chi connectivity index (χ1) is 10.3. The Balaban J connectivity index is 1.64. The predicted molar refractivity (Wildman–Crippen MR) is 83.6 cm³/mol. The molecule has 0 aliphatic carbocycles. The van der Waals surface area contributed by atoms with Crippen molar-refractivity contribution in [3.05, 3.63) is 71.0 Å². The molecule has 1 aliphatic rings. The Morgan fingerprint density at radius 2 is 1.90 bits per heavy atom. The Morgan fingerprint density at radius 1 is 1.10 bits per heavy atom. The van der Waals surface area contributed by atoms with Crippen LogP contribution in [0, 0.1) is 5.82 Å². The Morgan fingerprint density at radius 3 is 2.81 bits per heavy atom. The van der Waals surface area contributed by atoms with Crippen LogP contribution in [0.5, 0.6) is 0 Å². The fourth-order valence-corrected chi connectivity index (χ4v) is 2.95. The van der Waals surface area contributed by atoms with Gasteiger partial charge in [0.25, 0.3) is 0 Å². The van der Waals surface area contributed by atoms with Crippen LogP contribution in [-0.2, 0) is 13.0 Å². The average Bonchev–Trinajstić information content (AvgIpc) is 2.72. The Hall–Kier alpha value is -1.71. The molecule has 0 amide bonds. The minimum Gasteiger partial charge on any atom is -0.313 e. The van der Waals surface area contributed by atoms with Crippen LogP contribution in [-0.4, -0.2) is 13.1 Å². The fourth-order valence-electron chi connectivity index (χ4n) is 2.95. The van der Waals surface area contributed by atoms with E-state index in [9.17, 15) is 4.39 Å². The highest BCUT2D eigenvalue weighted by molar-refractivity contribution is 5.31. The molecule has 2 aromatic carbocycles. The van der Waals surface area contributed by atoms with Gasteiger partial charge in [-0.3, -0.25) is 0 Å². The van der Waals surface area contributed by atoms with E-state index in [1.807, 2.05) is 12.1 Å². The SMILES string of the molecule is Fc1ccccc1CCNC1CCNCc2ccccc21. The number of hydrogen-bond acceptors (Lipinski definition) is 2. The van der Waals surface area contributed by atoms with Gasteiger partial charge in [-0.25, -0.2) is 4.39 Å². The zero-order valence-corrected chi connectivity index (χ0v) is 12.1. The third-order valence-electron chi connectivity index (χ3n) is 4.10. The van der Waals surface area contributed by atoms with Gasteiger partial charge in [0.05, 0.1) is 0 Å². The highest BCUT2D eigenvalue weighted by Crippen LogP contribution is 2.23. The van der Waals surface area contributed by atoms with Crippen LogP contribution in [0.2, 0.25) is 0 Å². The molecule has 0 saturated heterocycles. The minimum absolute atomic E-state index is 0.109. The van der Waals surface area contributed by atoms with Crippen molar-refractivity contribution in [3.63, 3.8) is 0 Å². The van der Waals surface area contributed by atoms with Crippen LogP contribution in [0.1, 0.15) is 29.2 Å². The van der Waals surface area contributed by atoms with Crippen molar-refractivity contribution in [1.29, 1.82) is 0 Å². The Bertz CT molecular complexity index is 597. The second kappa shape index (κ2) is 6.83. The first kappa shape index (κ1) is 14.2. The Kier molecular flexibility index (Phi) is 4.63. The van der Waals surface area contributed by atoms with Crippen molar-refractivity contribution < 1.29 is 4.39 Å². The van der Waals surface area contributed by atoms with Gasteiger partial charge in [-0.2, -0.15) is 0 Å². The molecule has 0 aromatic heterocycles. The van der Waals surface area contributed by atoms with Crippen molar-refractivity contribution in [3.8, 4) is 0 Å². The maximum absolute atomic E-state index is 13.6. The molecule has 3 rings (SSSR count). The zero-order valence-electron chi connectivity index (χ0n) is 12.1. The molecule has 2 N–H and O–H groups in total. The summed E-state index contributed by atoms with van der Waals surface area (Å²) < 4.78 is 13.6. The molecule has 21 heavy (non-hydrogen) atoms. The molecule has 0 radical (unpaired) electrons. The summed E-state index contributed by atoms with van der Waals surface area (Å²) in [5, 5.41) is 7.04. The molecule has 0 bridgehead atoms. The average molecular weight is 284 g/mol. The topological polar surface area (TPSA) is 24.1 Å². The molecule has 1 aliphatic heterocycles. The first-order valence-corrected chi connectivity index (χ1v) is 7.60. The lowest BCUT2D eigenvalue weighted by Crippen LogP contribution is -2.25.